The van der Waals surface area contributed by atoms with Gasteiger partial charge in [-0.15, -0.1) is 9.24 Å². The molecular weight excluding hydrogens is 302 g/mol. The molecular formula is C15H12FN4OP. The number of carbonyl (C=O) groups is 1. The molecule has 2 aromatic heterocycles. The number of benzene rings is 1. The number of rotatable bonds is 1. The Kier molecular flexibility index (Phi) is 2.78. The summed E-state index contributed by atoms with van der Waals surface area (Å²) in [5.74, 6) is -0.416. The molecule has 1 amide bonds. The van der Waals surface area contributed by atoms with E-state index in [9.17, 15) is 9.18 Å². The van der Waals surface area contributed by atoms with Crippen molar-refractivity contribution in [3.63, 3.8) is 0 Å². The molecule has 110 valence electrons. The van der Waals surface area contributed by atoms with E-state index in [0.29, 0.717) is 33.5 Å². The van der Waals surface area contributed by atoms with Crippen LogP contribution in [-0.4, -0.2) is 21.1 Å². The number of amides is 1. The Hall–Kier alpha value is -2.33. The Labute approximate surface area is 127 Å². The van der Waals surface area contributed by atoms with Gasteiger partial charge in [-0.3, -0.25) is 9.89 Å². The second-order valence-electron chi connectivity index (χ2n) is 5.32. The first kappa shape index (κ1) is 13.3. The van der Waals surface area contributed by atoms with Crippen LogP contribution in [0.4, 0.5) is 4.39 Å². The summed E-state index contributed by atoms with van der Waals surface area (Å²) in [7, 11) is 2.37. The minimum absolute atomic E-state index is 0.109. The number of pyridine rings is 1. The van der Waals surface area contributed by atoms with Crippen LogP contribution in [0.2, 0.25) is 0 Å². The van der Waals surface area contributed by atoms with Crippen molar-refractivity contribution < 1.29 is 9.18 Å². The van der Waals surface area contributed by atoms with E-state index in [-0.39, 0.29) is 17.8 Å². The molecule has 1 aliphatic rings. The van der Waals surface area contributed by atoms with Crippen LogP contribution in [0.5, 0.6) is 0 Å². The molecule has 4 rings (SSSR count). The fraction of sp³-hybridized carbons (Fsp3) is 0.133. The van der Waals surface area contributed by atoms with Gasteiger partial charge >= 0.3 is 0 Å². The molecule has 0 saturated heterocycles. The summed E-state index contributed by atoms with van der Waals surface area (Å²) < 4.78 is 13.6. The molecule has 1 aromatic carbocycles. The van der Waals surface area contributed by atoms with Crippen molar-refractivity contribution >= 4 is 31.4 Å². The predicted molar refractivity (Wildman–Crippen MR) is 84.5 cm³/mol. The molecule has 5 nitrogen and oxygen atoms in total. The first-order valence-electron chi connectivity index (χ1n) is 6.80. The number of nitrogens with zero attached hydrogens (tertiary/aromatic N) is 2. The Morgan fingerprint density at radius 2 is 2.14 bits per heavy atom. The largest absolute Gasteiger partial charge is 0.344 e. The molecule has 22 heavy (non-hydrogen) atoms. The highest BCUT2D eigenvalue weighted by Crippen LogP contribution is 2.29. The Balaban J connectivity index is 1.91. The van der Waals surface area contributed by atoms with E-state index in [1.807, 2.05) is 6.92 Å². The lowest BCUT2D eigenvalue weighted by molar-refractivity contribution is 0.0958. The van der Waals surface area contributed by atoms with Crippen molar-refractivity contribution in [3.8, 4) is 11.4 Å². The van der Waals surface area contributed by atoms with Crippen molar-refractivity contribution in [1.29, 1.82) is 0 Å². The Morgan fingerprint density at radius 1 is 1.32 bits per heavy atom. The number of aromatic amines is 1. The summed E-state index contributed by atoms with van der Waals surface area (Å²) in [5, 5.41) is 11.2. The maximum atomic E-state index is 13.6. The second kappa shape index (κ2) is 4.58. The number of nitrogens with one attached hydrogen (secondary N) is 2. The Bertz CT molecular complexity index is 937. The van der Waals surface area contributed by atoms with Gasteiger partial charge in [0.2, 0.25) is 0 Å². The summed E-state index contributed by atoms with van der Waals surface area (Å²) in [5.41, 5.74) is 3.22. The van der Waals surface area contributed by atoms with Gasteiger partial charge in [-0.2, -0.15) is 5.10 Å². The monoisotopic (exact) mass is 314 g/mol. The predicted octanol–water partition coefficient (Wildman–Crippen LogP) is 2.07. The SMILES string of the molecule is CC1NC(=O)c2ccc(-c3n[nH]c4cc(F)c(P)cc34)nc21. The highest BCUT2D eigenvalue weighted by Gasteiger charge is 2.27. The zero-order valence-electron chi connectivity index (χ0n) is 11.6. The highest BCUT2D eigenvalue weighted by molar-refractivity contribution is 7.27. The van der Waals surface area contributed by atoms with Crippen LogP contribution < -0.4 is 10.6 Å². The average Bonchev–Trinajstić information content (AvgIpc) is 3.01. The molecule has 3 aromatic rings. The quantitative estimate of drug-likeness (QED) is 0.676. The van der Waals surface area contributed by atoms with E-state index >= 15 is 0 Å². The van der Waals surface area contributed by atoms with Crippen molar-refractivity contribution in [2.45, 2.75) is 13.0 Å². The third kappa shape index (κ3) is 1.84. The van der Waals surface area contributed by atoms with E-state index in [0.717, 1.165) is 5.39 Å². The highest BCUT2D eigenvalue weighted by atomic mass is 31.0. The number of fused-ring (bicyclic) bond motifs is 2. The Morgan fingerprint density at radius 3 is 2.95 bits per heavy atom. The summed E-state index contributed by atoms with van der Waals surface area (Å²) >= 11 is 0. The van der Waals surface area contributed by atoms with E-state index in [1.54, 1.807) is 18.2 Å². The van der Waals surface area contributed by atoms with Gasteiger partial charge in [-0.05, 0) is 25.1 Å². The van der Waals surface area contributed by atoms with Gasteiger partial charge in [0.15, 0.2) is 0 Å². The first-order valence-corrected chi connectivity index (χ1v) is 7.37. The van der Waals surface area contributed by atoms with Crippen molar-refractivity contribution in [1.82, 2.24) is 20.5 Å². The molecule has 7 heteroatoms. The standard InChI is InChI=1S/C15H12FN4OP/c1-6-13-7(15(21)17-6)2-3-10(18-13)14-8-4-12(22)9(16)5-11(8)19-20-14/h2-6H,22H2,1H3,(H,17,21)(H,19,20). The minimum atomic E-state index is -0.307. The molecule has 0 aliphatic carbocycles. The summed E-state index contributed by atoms with van der Waals surface area (Å²) in [6, 6.07) is 6.52. The van der Waals surface area contributed by atoms with Crippen LogP contribution >= 0.6 is 9.24 Å². The molecule has 0 fully saturated rings. The summed E-state index contributed by atoms with van der Waals surface area (Å²) in [6.07, 6.45) is 0. The van der Waals surface area contributed by atoms with Crippen molar-refractivity contribution in [2.24, 2.45) is 0 Å². The first-order chi connectivity index (χ1) is 10.5. The number of aromatic nitrogens is 3. The van der Waals surface area contributed by atoms with Gasteiger partial charge in [0.1, 0.15) is 11.5 Å². The average molecular weight is 314 g/mol. The third-order valence-electron chi connectivity index (χ3n) is 3.85. The number of H-pyrrole nitrogens is 1. The van der Waals surface area contributed by atoms with E-state index in [1.165, 1.54) is 6.07 Å². The van der Waals surface area contributed by atoms with Crippen molar-refractivity contribution in [2.75, 3.05) is 0 Å². The van der Waals surface area contributed by atoms with Crippen LogP contribution in [0.1, 0.15) is 29.0 Å². The molecule has 2 atom stereocenters. The van der Waals surface area contributed by atoms with E-state index in [2.05, 4.69) is 29.7 Å². The minimum Gasteiger partial charge on any atom is -0.344 e. The molecule has 3 heterocycles. The lowest BCUT2D eigenvalue weighted by Crippen LogP contribution is -2.16. The zero-order valence-corrected chi connectivity index (χ0v) is 12.8. The van der Waals surface area contributed by atoms with Crippen LogP contribution in [0.25, 0.3) is 22.3 Å². The van der Waals surface area contributed by atoms with Gasteiger partial charge in [0, 0.05) is 16.8 Å². The second-order valence-corrected chi connectivity index (χ2v) is 5.94. The molecule has 2 unspecified atom stereocenters. The van der Waals surface area contributed by atoms with Crippen LogP contribution in [0.15, 0.2) is 24.3 Å². The van der Waals surface area contributed by atoms with Gasteiger partial charge in [-0.1, -0.05) is 0 Å². The maximum absolute atomic E-state index is 13.6. The van der Waals surface area contributed by atoms with Crippen molar-refractivity contribution in [3.05, 3.63) is 41.3 Å². The molecule has 2 N–H and O–H groups in total. The van der Waals surface area contributed by atoms with Crippen LogP contribution in [0.3, 0.4) is 0 Å². The normalized spacial score (nSPS) is 16.9. The molecule has 0 bridgehead atoms. The zero-order chi connectivity index (χ0) is 15.4. The van der Waals surface area contributed by atoms with E-state index in [4.69, 9.17) is 0 Å². The number of halogens is 1. The third-order valence-corrected chi connectivity index (χ3v) is 4.29. The summed E-state index contributed by atoms with van der Waals surface area (Å²) in [6.45, 7) is 1.89. The van der Waals surface area contributed by atoms with Gasteiger partial charge in [0.25, 0.3) is 5.91 Å². The van der Waals surface area contributed by atoms with Crippen LogP contribution in [-0.2, 0) is 0 Å². The van der Waals surface area contributed by atoms with Gasteiger partial charge in [-0.25, -0.2) is 9.37 Å². The molecule has 0 radical (unpaired) electrons. The number of hydrogen-bond acceptors (Lipinski definition) is 3. The number of carbonyl (C=O) groups excluding carboxylic acids is 1. The fourth-order valence-electron chi connectivity index (χ4n) is 2.72. The maximum Gasteiger partial charge on any atom is 0.253 e. The molecule has 0 spiro atoms. The fourth-order valence-corrected chi connectivity index (χ4v) is 2.97. The molecule has 0 saturated carbocycles. The van der Waals surface area contributed by atoms with Crippen LogP contribution in [0, 0.1) is 5.82 Å². The molecule has 1 aliphatic heterocycles. The van der Waals surface area contributed by atoms with Gasteiger partial charge < -0.3 is 5.32 Å². The lowest BCUT2D eigenvalue weighted by Gasteiger charge is -2.04. The van der Waals surface area contributed by atoms with E-state index < -0.39 is 0 Å². The smallest absolute Gasteiger partial charge is 0.253 e. The van der Waals surface area contributed by atoms with Gasteiger partial charge in [0.05, 0.1) is 28.5 Å². The topological polar surface area (TPSA) is 70.7 Å². The number of hydrogen-bond donors (Lipinski definition) is 2. The summed E-state index contributed by atoms with van der Waals surface area (Å²) in [4.78, 5) is 16.3. The lowest BCUT2D eigenvalue weighted by atomic mass is 10.1.